The van der Waals surface area contributed by atoms with Crippen molar-refractivity contribution in [3.63, 3.8) is 0 Å². The molecule has 3 rings (SSSR count). The van der Waals surface area contributed by atoms with Gasteiger partial charge in [-0.1, -0.05) is 18.6 Å². The Hall–Kier alpha value is -1.52. The number of aryl methyl sites for hydroxylation is 1. The molecule has 1 amide bonds. The first kappa shape index (κ1) is 25.1. The van der Waals surface area contributed by atoms with Crippen LogP contribution in [0.2, 0.25) is 0 Å². The van der Waals surface area contributed by atoms with Gasteiger partial charge in [0.25, 0.3) is 0 Å². The molecule has 9 heteroatoms. The van der Waals surface area contributed by atoms with Gasteiger partial charge in [-0.3, -0.25) is 4.79 Å². The molecule has 2 fully saturated rings. The van der Waals surface area contributed by atoms with Crippen LogP contribution in [0, 0.1) is 6.92 Å². The predicted molar refractivity (Wildman–Crippen MR) is 123 cm³/mol. The number of benzene rings is 1. The summed E-state index contributed by atoms with van der Waals surface area (Å²) < 4.78 is 34.1. The number of piperidine rings is 1. The second-order valence-electron chi connectivity index (χ2n) is 8.89. The minimum Gasteiger partial charge on any atom is -0.394 e. The van der Waals surface area contributed by atoms with Crippen molar-refractivity contribution in [3.05, 3.63) is 29.8 Å². The van der Waals surface area contributed by atoms with Gasteiger partial charge in [-0.15, -0.1) is 0 Å². The molecule has 0 saturated carbocycles. The SMILES string of the molecule is Cc1cccc(S(=O)(=O)N[C@@H]2CC[C@H](CCNC(=O)CCN3CCCCC3)O[C@H]2CO)c1. The van der Waals surface area contributed by atoms with E-state index in [-0.39, 0.29) is 23.5 Å². The van der Waals surface area contributed by atoms with E-state index in [1.54, 1.807) is 18.2 Å². The Kier molecular flexibility index (Phi) is 9.48. The first-order valence-corrected chi connectivity index (χ1v) is 13.2. The molecular weight excluding hydrogens is 430 g/mol. The lowest BCUT2D eigenvalue weighted by molar-refractivity contribution is -0.122. The topological polar surface area (TPSA) is 108 Å². The van der Waals surface area contributed by atoms with Gasteiger partial charge in [0.1, 0.15) is 0 Å². The van der Waals surface area contributed by atoms with Crippen LogP contribution in [0.3, 0.4) is 0 Å². The number of carbonyl (C=O) groups excluding carboxylic acids is 1. The van der Waals surface area contributed by atoms with Gasteiger partial charge in [0.05, 0.1) is 29.8 Å². The number of aliphatic hydroxyl groups is 1. The zero-order valence-electron chi connectivity index (χ0n) is 19.0. The quantitative estimate of drug-likeness (QED) is 0.482. The molecule has 3 atom stereocenters. The maximum absolute atomic E-state index is 12.7. The molecule has 0 aliphatic carbocycles. The Labute approximate surface area is 191 Å². The van der Waals surface area contributed by atoms with Crippen LogP contribution in [-0.2, 0) is 19.6 Å². The van der Waals surface area contributed by atoms with Crippen molar-refractivity contribution < 1.29 is 23.1 Å². The smallest absolute Gasteiger partial charge is 0.240 e. The average molecular weight is 468 g/mol. The van der Waals surface area contributed by atoms with Gasteiger partial charge >= 0.3 is 0 Å². The van der Waals surface area contributed by atoms with Crippen LogP contribution in [0.25, 0.3) is 0 Å². The standard InChI is InChI=1S/C23H37N3O5S/c1-18-6-5-7-20(16-18)32(29,30)25-21-9-8-19(31-22(21)17-27)10-12-24-23(28)11-15-26-13-3-2-4-14-26/h5-7,16,19,21-22,25,27H,2-4,8-15,17H2,1H3,(H,24,28)/t19-,21-,22+/m1/s1. The number of nitrogens with one attached hydrogen (secondary N) is 2. The number of hydrogen-bond acceptors (Lipinski definition) is 6. The van der Waals surface area contributed by atoms with Gasteiger partial charge in [-0.2, -0.15) is 0 Å². The highest BCUT2D eigenvalue weighted by Gasteiger charge is 2.33. The van der Waals surface area contributed by atoms with Crippen molar-refractivity contribution in [2.75, 3.05) is 32.8 Å². The molecule has 8 nitrogen and oxygen atoms in total. The highest BCUT2D eigenvalue weighted by atomic mass is 32.2. The number of hydrogen-bond donors (Lipinski definition) is 3. The fraction of sp³-hybridized carbons (Fsp3) is 0.696. The average Bonchev–Trinajstić information content (AvgIpc) is 2.79. The number of sulfonamides is 1. The second kappa shape index (κ2) is 12.1. The first-order chi connectivity index (χ1) is 15.4. The van der Waals surface area contributed by atoms with E-state index in [4.69, 9.17) is 4.74 Å². The molecule has 2 aliphatic heterocycles. The summed E-state index contributed by atoms with van der Waals surface area (Å²) in [5.41, 5.74) is 0.865. The summed E-state index contributed by atoms with van der Waals surface area (Å²) in [6, 6.07) is 6.25. The highest BCUT2D eigenvalue weighted by molar-refractivity contribution is 7.89. The summed E-state index contributed by atoms with van der Waals surface area (Å²) in [5, 5.41) is 12.7. The summed E-state index contributed by atoms with van der Waals surface area (Å²) in [6.07, 6.45) is 5.39. The number of ether oxygens (including phenoxy) is 1. The van der Waals surface area contributed by atoms with Crippen LogP contribution in [0.15, 0.2) is 29.2 Å². The minimum absolute atomic E-state index is 0.0499. The van der Waals surface area contributed by atoms with Crippen molar-refractivity contribution in [3.8, 4) is 0 Å². The van der Waals surface area contributed by atoms with Gasteiger partial charge in [0, 0.05) is 19.5 Å². The zero-order valence-corrected chi connectivity index (χ0v) is 19.8. The van der Waals surface area contributed by atoms with Crippen LogP contribution in [0.1, 0.15) is 50.5 Å². The molecule has 3 N–H and O–H groups in total. The fourth-order valence-electron chi connectivity index (χ4n) is 4.43. The van der Waals surface area contributed by atoms with Crippen molar-refractivity contribution in [2.45, 2.75) is 75.0 Å². The lowest BCUT2D eigenvalue weighted by atomic mass is 9.98. The molecule has 1 aromatic rings. The predicted octanol–water partition coefficient (Wildman–Crippen LogP) is 1.56. The second-order valence-corrected chi connectivity index (χ2v) is 10.6. The monoisotopic (exact) mass is 467 g/mol. The lowest BCUT2D eigenvalue weighted by Crippen LogP contribution is -2.51. The van der Waals surface area contributed by atoms with E-state index >= 15 is 0 Å². The molecular formula is C23H37N3O5S. The van der Waals surface area contributed by atoms with E-state index < -0.39 is 22.2 Å². The number of rotatable bonds is 10. The molecule has 0 bridgehead atoms. The Morgan fingerprint density at radius 2 is 2.00 bits per heavy atom. The Morgan fingerprint density at radius 1 is 1.22 bits per heavy atom. The van der Waals surface area contributed by atoms with E-state index in [1.165, 1.54) is 19.3 Å². The summed E-state index contributed by atoms with van der Waals surface area (Å²) in [5.74, 6) is 0.0499. The van der Waals surface area contributed by atoms with Crippen LogP contribution >= 0.6 is 0 Å². The van der Waals surface area contributed by atoms with Gasteiger partial charge in [-0.05, 0) is 69.8 Å². The summed E-state index contributed by atoms with van der Waals surface area (Å²) >= 11 is 0. The fourth-order valence-corrected chi connectivity index (χ4v) is 5.84. The molecule has 2 saturated heterocycles. The van der Waals surface area contributed by atoms with E-state index in [0.717, 1.165) is 25.2 Å². The molecule has 0 aromatic heterocycles. The van der Waals surface area contributed by atoms with Crippen LogP contribution in [-0.4, -0.2) is 75.4 Å². The van der Waals surface area contributed by atoms with E-state index in [9.17, 15) is 18.3 Å². The highest BCUT2D eigenvalue weighted by Crippen LogP contribution is 2.23. The number of amides is 1. The Bertz CT molecular complexity index is 842. The molecule has 2 heterocycles. The lowest BCUT2D eigenvalue weighted by Gasteiger charge is -2.36. The van der Waals surface area contributed by atoms with E-state index in [2.05, 4.69) is 14.9 Å². The molecule has 32 heavy (non-hydrogen) atoms. The third-order valence-corrected chi connectivity index (χ3v) is 7.78. The van der Waals surface area contributed by atoms with Crippen LogP contribution < -0.4 is 10.0 Å². The third kappa shape index (κ3) is 7.52. The normalized spacial score (nSPS) is 24.9. The zero-order chi connectivity index (χ0) is 23.0. The van der Waals surface area contributed by atoms with Gasteiger partial charge in [0.2, 0.25) is 15.9 Å². The third-order valence-electron chi connectivity index (χ3n) is 6.29. The van der Waals surface area contributed by atoms with E-state index in [1.807, 2.05) is 13.0 Å². The van der Waals surface area contributed by atoms with Crippen molar-refractivity contribution in [1.82, 2.24) is 14.9 Å². The van der Waals surface area contributed by atoms with Gasteiger partial charge in [-0.25, -0.2) is 13.1 Å². The summed E-state index contributed by atoms with van der Waals surface area (Å²) in [7, 11) is -3.69. The van der Waals surface area contributed by atoms with E-state index in [0.29, 0.717) is 32.2 Å². The molecule has 0 radical (unpaired) electrons. The molecule has 1 aromatic carbocycles. The van der Waals surface area contributed by atoms with Gasteiger partial charge < -0.3 is 20.1 Å². The number of likely N-dealkylation sites (tertiary alicyclic amines) is 1. The van der Waals surface area contributed by atoms with Crippen LogP contribution in [0.5, 0.6) is 0 Å². The number of nitrogens with zero attached hydrogens (tertiary/aromatic N) is 1. The van der Waals surface area contributed by atoms with Gasteiger partial charge in [0.15, 0.2) is 0 Å². The molecule has 2 aliphatic rings. The summed E-state index contributed by atoms with van der Waals surface area (Å²) in [4.78, 5) is 14.7. The molecule has 0 spiro atoms. The minimum atomic E-state index is -3.69. The first-order valence-electron chi connectivity index (χ1n) is 11.7. The maximum atomic E-state index is 12.7. The number of aliphatic hydroxyl groups excluding tert-OH is 1. The maximum Gasteiger partial charge on any atom is 0.240 e. The van der Waals surface area contributed by atoms with Crippen molar-refractivity contribution in [1.29, 1.82) is 0 Å². The molecule has 180 valence electrons. The largest absolute Gasteiger partial charge is 0.394 e. The Morgan fingerprint density at radius 3 is 2.72 bits per heavy atom. The van der Waals surface area contributed by atoms with Crippen LogP contribution in [0.4, 0.5) is 0 Å². The number of carbonyl (C=O) groups is 1. The van der Waals surface area contributed by atoms with Crippen molar-refractivity contribution >= 4 is 15.9 Å². The molecule has 0 unspecified atom stereocenters. The Balaban J connectivity index is 1.40. The van der Waals surface area contributed by atoms with Crippen molar-refractivity contribution in [2.24, 2.45) is 0 Å². The summed E-state index contributed by atoms with van der Waals surface area (Å²) in [6.45, 7) is 5.07.